The van der Waals surface area contributed by atoms with E-state index < -0.39 is 0 Å². The van der Waals surface area contributed by atoms with Crippen LogP contribution in [0.1, 0.15) is 24.6 Å². The van der Waals surface area contributed by atoms with Crippen LogP contribution in [-0.2, 0) is 13.0 Å². The van der Waals surface area contributed by atoms with Gasteiger partial charge in [0.2, 0.25) is 0 Å². The fraction of sp³-hybridized carbons (Fsp3) is 0.429. The molecule has 3 heteroatoms. The quantitative estimate of drug-likeness (QED) is 0.843. The van der Waals surface area contributed by atoms with Crippen molar-refractivity contribution in [3.8, 4) is 0 Å². The van der Waals surface area contributed by atoms with E-state index in [0.717, 1.165) is 37.0 Å². The van der Waals surface area contributed by atoms with Gasteiger partial charge in [-0.2, -0.15) is 0 Å². The maximum Gasteiger partial charge on any atom is 0.123 e. The molecule has 2 aromatic rings. The molecule has 0 spiro atoms. The lowest BCUT2D eigenvalue weighted by Gasteiger charge is -2.26. The summed E-state index contributed by atoms with van der Waals surface area (Å²) in [5.41, 5.74) is 3.65. The number of nitrogens with zero attached hydrogens (tertiary/aromatic N) is 1. The van der Waals surface area contributed by atoms with Crippen LogP contribution >= 0.6 is 0 Å². The van der Waals surface area contributed by atoms with Gasteiger partial charge in [-0.15, -0.1) is 0 Å². The molecule has 0 radical (unpaired) electrons. The molecule has 0 atom stereocenters. The van der Waals surface area contributed by atoms with Crippen molar-refractivity contribution in [2.24, 2.45) is 0 Å². The summed E-state index contributed by atoms with van der Waals surface area (Å²) in [4.78, 5) is 5.86. The molecular weight excluding hydrogens is 215 g/mol. The summed E-state index contributed by atoms with van der Waals surface area (Å²) >= 11 is 0. The summed E-state index contributed by atoms with van der Waals surface area (Å²) in [5.74, 6) is -0.146. The van der Waals surface area contributed by atoms with Crippen molar-refractivity contribution in [2.45, 2.75) is 26.3 Å². The Balaban J connectivity index is 2.04. The van der Waals surface area contributed by atoms with E-state index in [0.29, 0.717) is 0 Å². The van der Waals surface area contributed by atoms with Crippen LogP contribution in [0.2, 0.25) is 0 Å². The molecule has 1 aromatic heterocycles. The van der Waals surface area contributed by atoms with Crippen molar-refractivity contribution in [3.63, 3.8) is 0 Å². The largest absolute Gasteiger partial charge is 0.358 e. The molecule has 0 unspecified atom stereocenters. The van der Waals surface area contributed by atoms with Crippen molar-refractivity contribution < 1.29 is 4.39 Å². The van der Waals surface area contributed by atoms with E-state index in [9.17, 15) is 4.39 Å². The van der Waals surface area contributed by atoms with Crippen LogP contribution in [-0.4, -0.2) is 23.0 Å². The molecule has 0 saturated heterocycles. The summed E-state index contributed by atoms with van der Waals surface area (Å²) in [5, 5.41) is 1.06. The average molecular weight is 232 g/mol. The number of hydrogen-bond acceptors (Lipinski definition) is 1. The molecule has 0 saturated carbocycles. The van der Waals surface area contributed by atoms with Crippen LogP contribution in [0.15, 0.2) is 18.2 Å². The zero-order chi connectivity index (χ0) is 11.8. The van der Waals surface area contributed by atoms with Gasteiger partial charge in [0, 0.05) is 36.1 Å². The number of fused-ring (bicyclic) bond motifs is 3. The first-order valence-corrected chi connectivity index (χ1v) is 6.29. The van der Waals surface area contributed by atoms with Gasteiger partial charge in [-0.25, -0.2) is 4.39 Å². The van der Waals surface area contributed by atoms with Gasteiger partial charge >= 0.3 is 0 Å². The number of benzene rings is 1. The van der Waals surface area contributed by atoms with Crippen LogP contribution in [0.4, 0.5) is 4.39 Å². The highest BCUT2D eigenvalue weighted by Gasteiger charge is 2.20. The second-order valence-corrected chi connectivity index (χ2v) is 4.80. The van der Waals surface area contributed by atoms with Gasteiger partial charge in [-0.3, -0.25) is 4.90 Å². The van der Waals surface area contributed by atoms with Crippen molar-refractivity contribution in [1.29, 1.82) is 0 Å². The lowest BCUT2D eigenvalue weighted by atomic mass is 10.0. The number of nitrogens with one attached hydrogen (secondary N) is 1. The number of rotatable bonds is 2. The summed E-state index contributed by atoms with van der Waals surface area (Å²) in [6.45, 7) is 5.38. The van der Waals surface area contributed by atoms with E-state index in [2.05, 4.69) is 16.8 Å². The minimum atomic E-state index is -0.146. The number of H-pyrrole nitrogens is 1. The Morgan fingerprint density at radius 2 is 2.29 bits per heavy atom. The van der Waals surface area contributed by atoms with Crippen molar-refractivity contribution >= 4 is 10.9 Å². The summed E-state index contributed by atoms with van der Waals surface area (Å²) in [6.07, 6.45) is 2.22. The zero-order valence-electron chi connectivity index (χ0n) is 10.1. The van der Waals surface area contributed by atoms with E-state index in [1.54, 1.807) is 6.07 Å². The number of halogens is 1. The molecule has 0 aliphatic carbocycles. The highest BCUT2D eigenvalue weighted by molar-refractivity contribution is 5.84. The summed E-state index contributed by atoms with van der Waals surface area (Å²) < 4.78 is 13.3. The van der Waals surface area contributed by atoms with Crippen molar-refractivity contribution in [1.82, 2.24) is 9.88 Å². The average Bonchev–Trinajstić information content (AvgIpc) is 2.67. The Morgan fingerprint density at radius 1 is 1.41 bits per heavy atom. The first-order chi connectivity index (χ1) is 8.28. The first-order valence-electron chi connectivity index (χ1n) is 6.29. The zero-order valence-corrected chi connectivity index (χ0v) is 10.1. The first kappa shape index (κ1) is 10.8. The predicted octanol–water partition coefficient (Wildman–Crippen LogP) is 3.08. The molecule has 0 fully saturated rings. The van der Waals surface area contributed by atoms with E-state index >= 15 is 0 Å². The Hall–Kier alpha value is -1.35. The van der Waals surface area contributed by atoms with Gasteiger partial charge < -0.3 is 4.98 Å². The molecule has 1 aliphatic heterocycles. The molecule has 0 amide bonds. The highest BCUT2D eigenvalue weighted by Crippen LogP contribution is 2.28. The number of aromatic nitrogens is 1. The number of hydrogen-bond donors (Lipinski definition) is 1. The van der Waals surface area contributed by atoms with Crippen LogP contribution in [0.3, 0.4) is 0 Å². The van der Waals surface area contributed by atoms with Gasteiger partial charge in [-0.05, 0) is 36.7 Å². The van der Waals surface area contributed by atoms with Crippen LogP contribution in [0, 0.1) is 5.82 Å². The van der Waals surface area contributed by atoms with Gasteiger partial charge in [0.05, 0.1) is 0 Å². The fourth-order valence-electron chi connectivity index (χ4n) is 2.75. The molecular formula is C14H17FN2. The predicted molar refractivity (Wildman–Crippen MR) is 67.5 cm³/mol. The van der Waals surface area contributed by atoms with E-state index in [-0.39, 0.29) is 5.82 Å². The maximum absolute atomic E-state index is 13.3. The Kier molecular flexibility index (Phi) is 2.63. The maximum atomic E-state index is 13.3. The molecule has 1 aliphatic rings. The second-order valence-electron chi connectivity index (χ2n) is 4.80. The normalized spacial score (nSPS) is 16.4. The smallest absolute Gasteiger partial charge is 0.123 e. The third-order valence-electron chi connectivity index (χ3n) is 3.56. The lowest BCUT2D eigenvalue weighted by molar-refractivity contribution is 0.255. The van der Waals surface area contributed by atoms with Gasteiger partial charge in [0.25, 0.3) is 0 Å². The monoisotopic (exact) mass is 232 g/mol. The molecule has 3 rings (SSSR count). The van der Waals surface area contributed by atoms with Crippen LogP contribution in [0.5, 0.6) is 0 Å². The second kappa shape index (κ2) is 4.15. The molecule has 90 valence electrons. The Bertz CT molecular complexity index is 544. The molecule has 0 bridgehead atoms. The fourth-order valence-corrected chi connectivity index (χ4v) is 2.75. The minimum Gasteiger partial charge on any atom is -0.358 e. The minimum absolute atomic E-state index is 0.146. The molecule has 2 nitrogen and oxygen atoms in total. The van der Waals surface area contributed by atoms with Crippen LogP contribution < -0.4 is 0 Å². The third kappa shape index (κ3) is 1.84. The SMILES string of the molecule is CCCN1CCc2[nH]c3ccc(F)cc3c2C1. The van der Waals surface area contributed by atoms with Crippen molar-refractivity contribution in [2.75, 3.05) is 13.1 Å². The van der Waals surface area contributed by atoms with E-state index in [1.165, 1.54) is 23.7 Å². The van der Waals surface area contributed by atoms with Gasteiger partial charge in [-0.1, -0.05) is 6.92 Å². The Morgan fingerprint density at radius 3 is 3.12 bits per heavy atom. The summed E-state index contributed by atoms with van der Waals surface area (Å²) in [6, 6.07) is 5.02. The lowest BCUT2D eigenvalue weighted by Crippen LogP contribution is -2.30. The van der Waals surface area contributed by atoms with Gasteiger partial charge in [0.15, 0.2) is 0 Å². The summed E-state index contributed by atoms with van der Waals surface area (Å²) in [7, 11) is 0. The molecule has 2 heterocycles. The topological polar surface area (TPSA) is 19.0 Å². The third-order valence-corrected chi connectivity index (χ3v) is 3.56. The van der Waals surface area contributed by atoms with E-state index in [1.807, 2.05) is 6.07 Å². The van der Waals surface area contributed by atoms with Crippen molar-refractivity contribution in [3.05, 3.63) is 35.3 Å². The van der Waals surface area contributed by atoms with Gasteiger partial charge in [0.1, 0.15) is 5.82 Å². The Labute approximate surface area is 100 Å². The standard InChI is InChI=1S/C14H17FN2/c1-2-6-17-7-5-14-12(9-17)11-8-10(15)3-4-13(11)16-14/h3-4,8,16H,2,5-7,9H2,1H3. The molecule has 1 aromatic carbocycles. The van der Waals surface area contributed by atoms with Crippen LogP contribution in [0.25, 0.3) is 10.9 Å². The highest BCUT2D eigenvalue weighted by atomic mass is 19.1. The number of aromatic amines is 1. The molecule has 1 N–H and O–H groups in total. The molecule has 17 heavy (non-hydrogen) atoms. The van der Waals surface area contributed by atoms with E-state index in [4.69, 9.17) is 0 Å².